The monoisotopic (exact) mass is 295 g/mol. The molecule has 1 aromatic heterocycles. The normalized spacial score (nSPS) is 15.0. The summed E-state index contributed by atoms with van der Waals surface area (Å²) in [5.41, 5.74) is 5.58. The standard InChI is InChI=1S/C11H14FN3O.2ClH/c12-9-6-14-4-3-8(9)11(16)15-10(5-13)7-1-2-7;;/h3-4,6-7,10H,1-2,5,13H2,(H,15,16);2*1H. The molecule has 0 bridgehead atoms. The van der Waals surface area contributed by atoms with Crippen LogP contribution in [0.4, 0.5) is 4.39 Å². The van der Waals surface area contributed by atoms with Gasteiger partial charge in [-0.3, -0.25) is 9.78 Å². The van der Waals surface area contributed by atoms with Crippen LogP contribution in [-0.2, 0) is 0 Å². The second-order valence-electron chi connectivity index (χ2n) is 4.01. The summed E-state index contributed by atoms with van der Waals surface area (Å²) >= 11 is 0. The fourth-order valence-electron chi connectivity index (χ4n) is 1.67. The smallest absolute Gasteiger partial charge is 0.254 e. The van der Waals surface area contributed by atoms with E-state index in [9.17, 15) is 9.18 Å². The summed E-state index contributed by atoms with van der Waals surface area (Å²) in [6.45, 7) is 0.392. The van der Waals surface area contributed by atoms with Crippen molar-refractivity contribution in [2.24, 2.45) is 11.7 Å². The first-order chi connectivity index (χ1) is 7.72. The molecule has 1 fully saturated rings. The van der Waals surface area contributed by atoms with Crippen molar-refractivity contribution in [1.82, 2.24) is 10.3 Å². The molecule has 0 aliphatic heterocycles. The van der Waals surface area contributed by atoms with Crippen LogP contribution in [-0.4, -0.2) is 23.5 Å². The van der Waals surface area contributed by atoms with Crippen LogP contribution >= 0.6 is 24.8 Å². The number of carbonyl (C=O) groups is 1. The Morgan fingerprint density at radius 2 is 2.22 bits per heavy atom. The molecule has 102 valence electrons. The lowest BCUT2D eigenvalue weighted by Crippen LogP contribution is -2.42. The van der Waals surface area contributed by atoms with Gasteiger partial charge in [-0.2, -0.15) is 0 Å². The number of nitrogens with zero attached hydrogens (tertiary/aromatic N) is 1. The first-order valence-electron chi connectivity index (χ1n) is 5.33. The molecule has 1 atom stereocenters. The van der Waals surface area contributed by atoms with Gasteiger partial charge in [0.15, 0.2) is 5.82 Å². The number of amides is 1. The van der Waals surface area contributed by atoms with Crippen LogP contribution in [0.25, 0.3) is 0 Å². The highest BCUT2D eigenvalue weighted by atomic mass is 35.5. The van der Waals surface area contributed by atoms with Crippen LogP contribution in [0.1, 0.15) is 23.2 Å². The van der Waals surface area contributed by atoms with Crippen molar-refractivity contribution in [3.8, 4) is 0 Å². The Morgan fingerprint density at radius 1 is 1.56 bits per heavy atom. The van der Waals surface area contributed by atoms with Crippen molar-refractivity contribution in [1.29, 1.82) is 0 Å². The Balaban J connectivity index is 0.00000144. The Hall–Kier alpha value is -0.910. The molecule has 0 radical (unpaired) electrons. The highest BCUT2D eigenvalue weighted by Crippen LogP contribution is 2.32. The molecule has 1 heterocycles. The van der Waals surface area contributed by atoms with Gasteiger partial charge in [-0.05, 0) is 24.8 Å². The van der Waals surface area contributed by atoms with E-state index in [1.807, 2.05) is 0 Å². The summed E-state index contributed by atoms with van der Waals surface area (Å²) in [6.07, 6.45) is 4.60. The molecule has 1 aromatic rings. The molecule has 4 nitrogen and oxygen atoms in total. The van der Waals surface area contributed by atoms with E-state index >= 15 is 0 Å². The van der Waals surface area contributed by atoms with Crippen LogP contribution in [0, 0.1) is 11.7 Å². The first-order valence-corrected chi connectivity index (χ1v) is 5.33. The SMILES string of the molecule is Cl.Cl.NCC(NC(=O)c1ccncc1F)C1CC1. The van der Waals surface area contributed by atoms with Gasteiger partial charge >= 0.3 is 0 Å². The average molecular weight is 296 g/mol. The van der Waals surface area contributed by atoms with Crippen molar-refractivity contribution in [2.75, 3.05) is 6.54 Å². The molecule has 1 saturated carbocycles. The highest BCUT2D eigenvalue weighted by Gasteiger charge is 2.31. The number of rotatable bonds is 4. The quantitative estimate of drug-likeness (QED) is 0.885. The lowest BCUT2D eigenvalue weighted by atomic mass is 10.1. The summed E-state index contributed by atoms with van der Waals surface area (Å²) in [7, 11) is 0. The number of carbonyl (C=O) groups excluding carboxylic acids is 1. The molecule has 0 aromatic carbocycles. The Kier molecular flexibility index (Phi) is 7.13. The van der Waals surface area contributed by atoms with Gasteiger partial charge in [0, 0.05) is 18.8 Å². The van der Waals surface area contributed by atoms with Gasteiger partial charge < -0.3 is 11.1 Å². The topological polar surface area (TPSA) is 68.0 Å². The number of hydrogen-bond acceptors (Lipinski definition) is 3. The third-order valence-electron chi connectivity index (χ3n) is 2.78. The molecule has 1 unspecified atom stereocenters. The molecule has 1 aliphatic rings. The van der Waals surface area contributed by atoms with E-state index in [-0.39, 0.29) is 36.4 Å². The zero-order valence-corrected chi connectivity index (χ0v) is 11.3. The average Bonchev–Trinajstić information content (AvgIpc) is 3.10. The fourth-order valence-corrected chi connectivity index (χ4v) is 1.67. The zero-order chi connectivity index (χ0) is 11.5. The molecule has 0 spiro atoms. The maximum absolute atomic E-state index is 13.3. The Bertz CT molecular complexity index is 402. The fraction of sp³-hybridized carbons (Fsp3) is 0.455. The van der Waals surface area contributed by atoms with Crippen molar-refractivity contribution in [3.05, 3.63) is 29.8 Å². The zero-order valence-electron chi connectivity index (χ0n) is 9.64. The summed E-state index contributed by atoms with van der Waals surface area (Å²) in [6, 6.07) is 1.32. The lowest BCUT2D eigenvalue weighted by Gasteiger charge is -2.15. The van der Waals surface area contributed by atoms with E-state index < -0.39 is 11.7 Å². The van der Waals surface area contributed by atoms with Crippen LogP contribution < -0.4 is 11.1 Å². The minimum absolute atomic E-state index is 0. The van der Waals surface area contributed by atoms with Gasteiger partial charge in [0.25, 0.3) is 5.91 Å². The molecule has 0 saturated heterocycles. The van der Waals surface area contributed by atoms with Gasteiger partial charge in [-0.1, -0.05) is 0 Å². The third-order valence-corrected chi connectivity index (χ3v) is 2.78. The number of halogens is 3. The van der Waals surface area contributed by atoms with E-state index in [1.54, 1.807) is 0 Å². The van der Waals surface area contributed by atoms with Crippen LogP contribution in [0.2, 0.25) is 0 Å². The lowest BCUT2D eigenvalue weighted by molar-refractivity contribution is 0.0929. The Labute approximate surface area is 117 Å². The minimum atomic E-state index is -0.605. The van der Waals surface area contributed by atoms with Gasteiger partial charge in [0.2, 0.25) is 0 Å². The van der Waals surface area contributed by atoms with E-state index in [0.29, 0.717) is 12.5 Å². The molecular weight excluding hydrogens is 280 g/mol. The molecule has 1 aliphatic carbocycles. The van der Waals surface area contributed by atoms with Gasteiger partial charge in [0.05, 0.1) is 11.8 Å². The summed E-state index contributed by atoms with van der Waals surface area (Å²) in [4.78, 5) is 15.3. The maximum Gasteiger partial charge on any atom is 0.254 e. The van der Waals surface area contributed by atoms with Crippen molar-refractivity contribution >= 4 is 30.7 Å². The molecule has 1 amide bonds. The predicted octanol–water partition coefficient (Wildman–Crippen LogP) is 1.53. The molecule has 2 rings (SSSR count). The molecular formula is C11H16Cl2FN3O. The summed E-state index contributed by atoms with van der Waals surface area (Å²) < 4.78 is 13.3. The second-order valence-corrected chi connectivity index (χ2v) is 4.01. The van der Waals surface area contributed by atoms with Crippen LogP contribution in [0.15, 0.2) is 18.5 Å². The van der Waals surface area contributed by atoms with Crippen LogP contribution in [0.3, 0.4) is 0 Å². The predicted molar refractivity (Wildman–Crippen MR) is 71.7 cm³/mol. The van der Waals surface area contributed by atoms with E-state index in [2.05, 4.69) is 10.3 Å². The molecule has 7 heteroatoms. The number of nitrogens with two attached hydrogens (primary N) is 1. The van der Waals surface area contributed by atoms with Gasteiger partial charge in [-0.25, -0.2) is 4.39 Å². The second kappa shape index (κ2) is 7.51. The minimum Gasteiger partial charge on any atom is -0.348 e. The summed E-state index contributed by atoms with van der Waals surface area (Å²) in [5, 5.41) is 2.75. The van der Waals surface area contributed by atoms with E-state index in [0.717, 1.165) is 19.0 Å². The highest BCUT2D eigenvalue weighted by molar-refractivity contribution is 5.94. The largest absolute Gasteiger partial charge is 0.348 e. The molecule has 18 heavy (non-hydrogen) atoms. The third kappa shape index (κ3) is 4.08. The number of hydrogen-bond donors (Lipinski definition) is 2. The summed E-state index contributed by atoms with van der Waals surface area (Å²) in [5.74, 6) is -0.562. The Morgan fingerprint density at radius 3 is 2.72 bits per heavy atom. The van der Waals surface area contributed by atoms with Gasteiger partial charge in [0.1, 0.15) is 0 Å². The van der Waals surface area contributed by atoms with E-state index in [1.165, 1.54) is 12.3 Å². The number of pyridine rings is 1. The maximum atomic E-state index is 13.3. The first kappa shape index (κ1) is 17.1. The van der Waals surface area contributed by atoms with Crippen molar-refractivity contribution in [3.63, 3.8) is 0 Å². The number of aromatic nitrogens is 1. The molecule has 3 N–H and O–H groups in total. The van der Waals surface area contributed by atoms with Crippen molar-refractivity contribution < 1.29 is 9.18 Å². The van der Waals surface area contributed by atoms with Gasteiger partial charge in [-0.15, -0.1) is 24.8 Å². The van der Waals surface area contributed by atoms with E-state index in [4.69, 9.17) is 5.73 Å². The van der Waals surface area contributed by atoms with Crippen LogP contribution in [0.5, 0.6) is 0 Å². The number of nitrogens with one attached hydrogen (secondary N) is 1. The van der Waals surface area contributed by atoms with Crippen molar-refractivity contribution in [2.45, 2.75) is 18.9 Å².